The normalized spacial score (nSPS) is 12.7. The molecule has 828 valence electrons. The fourth-order valence-electron chi connectivity index (χ4n) is 12.6. The molecule has 0 aliphatic rings. The Hall–Kier alpha value is -8.82. The summed E-state index contributed by atoms with van der Waals surface area (Å²) in [6.07, 6.45) is 7.53. The minimum atomic E-state index is -0.847. The van der Waals surface area contributed by atoms with Crippen molar-refractivity contribution in [3.8, 4) is 0 Å². The molecule has 0 saturated heterocycles. The van der Waals surface area contributed by atoms with Gasteiger partial charge >= 0.3 is 12.1 Å². The number of benzene rings is 2. The zero-order chi connectivity index (χ0) is 109. The number of ether oxygens (including phenoxy) is 10. The number of hydrogen-bond donors (Lipinski definition) is 10. The lowest BCUT2D eigenvalue weighted by Crippen LogP contribution is -2.44. The largest absolute Gasteiger partial charge is 0.475 e. The first kappa shape index (κ1) is 131. The van der Waals surface area contributed by atoms with Gasteiger partial charge in [-0.15, -0.1) is 57.2 Å². The summed E-state index contributed by atoms with van der Waals surface area (Å²) in [7, 11) is 0. The van der Waals surface area contributed by atoms with Gasteiger partial charge in [-0.1, -0.05) is 197 Å². The number of ketones is 2. The van der Waals surface area contributed by atoms with E-state index in [2.05, 4.69) is 211 Å². The Bertz CT molecular complexity index is 4410. The highest BCUT2D eigenvalue weighted by Gasteiger charge is 2.32. The Morgan fingerprint density at radius 2 is 0.705 bits per heavy atom. The lowest BCUT2D eigenvalue weighted by atomic mass is 9.90. The number of aromatic nitrogens is 6. The highest BCUT2D eigenvalue weighted by Crippen LogP contribution is 2.31. The van der Waals surface area contributed by atoms with Crippen molar-refractivity contribution in [3.05, 3.63) is 108 Å². The molecule has 42 heteroatoms. The van der Waals surface area contributed by atoms with Gasteiger partial charge in [0.1, 0.15) is 24.6 Å². The van der Waals surface area contributed by atoms with E-state index < -0.39 is 47.8 Å². The number of Topliss-reactive ketones (excluding diaryl/α,β-unsaturated/α-hetero) is 2. The summed E-state index contributed by atoms with van der Waals surface area (Å²) in [5.41, 5.74) is 16.8. The Morgan fingerprint density at radius 3 is 0.986 bits per heavy atom. The molecule has 0 bridgehead atoms. The molecule has 0 aliphatic heterocycles. The topological polar surface area (TPSA) is 482 Å². The molecule has 0 radical (unpaired) electrons. The fourth-order valence-corrected chi connectivity index (χ4v) is 15.9. The number of urea groups is 2. The first-order valence-electron chi connectivity index (χ1n) is 50.7. The number of carbonyl (C=O) groups is 8. The molecule has 0 unspecified atom stereocenters. The molecule has 2 aromatic carbocycles. The van der Waals surface area contributed by atoms with Crippen LogP contribution in [0, 0.1) is 34.5 Å². The molecular weight excluding hydrogens is 1950 g/mol. The van der Waals surface area contributed by atoms with Crippen molar-refractivity contribution in [2.45, 2.75) is 287 Å². The van der Waals surface area contributed by atoms with Gasteiger partial charge in [-0.05, 0) is 123 Å². The number of oxime groups is 2. The van der Waals surface area contributed by atoms with E-state index in [0.717, 1.165) is 48.6 Å². The first-order chi connectivity index (χ1) is 68.7. The molecule has 8 amide bonds. The van der Waals surface area contributed by atoms with Gasteiger partial charge in [-0.2, -0.15) is 0 Å². The van der Waals surface area contributed by atoms with Crippen molar-refractivity contribution in [1.29, 1.82) is 0 Å². The number of primary amides is 2. The number of nitrogens with one attached hydrogen (secondary N) is 8. The van der Waals surface area contributed by atoms with Crippen molar-refractivity contribution < 1.29 is 95.4 Å². The van der Waals surface area contributed by atoms with Crippen molar-refractivity contribution in [1.82, 2.24) is 61.9 Å². The highest BCUT2D eigenvalue weighted by molar-refractivity contribution is 8.03. The zero-order valence-corrected chi connectivity index (χ0v) is 94.7. The summed E-state index contributed by atoms with van der Waals surface area (Å²) < 4.78 is 59.9. The second-order valence-corrected chi connectivity index (χ2v) is 49.7. The molecule has 0 fully saturated rings. The number of anilines is 2. The average molecular weight is 2130 g/mol. The van der Waals surface area contributed by atoms with Crippen molar-refractivity contribution >= 4 is 117 Å². The van der Waals surface area contributed by atoms with Crippen LogP contribution in [-0.2, 0) is 125 Å². The second kappa shape index (κ2) is 72.6. The summed E-state index contributed by atoms with van der Waals surface area (Å²) in [5, 5.41) is 48.2. The average Bonchev–Trinajstić information content (AvgIpc) is 1.16. The van der Waals surface area contributed by atoms with Gasteiger partial charge in [0.15, 0.2) is 36.5 Å². The van der Waals surface area contributed by atoms with Crippen molar-refractivity contribution in [3.63, 3.8) is 0 Å². The maximum absolute atomic E-state index is 13.9. The molecule has 12 N–H and O–H groups in total. The van der Waals surface area contributed by atoms with E-state index in [1.165, 1.54) is 0 Å². The summed E-state index contributed by atoms with van der Waals surface area (Å²) in [6, 6.07) is 11.2. The van der Waals surface area contributed by atoms with E-state index in [-0.39, 0.29) is 130 Å². The lowest BCUT2D eigenvalue weighted by Gasteiger charge is -2.23. The molecule has 0 saturated carbocycles. The third-order valence-electron chi connectivity index (χ3n) is 20.6. The molecule has 4 rings (SSSR count). The SMILES string of the molecule is C=C(NCc1cn(CCOCCOCCOCCC(C)(C)C)nn1)OCc1ccc(NC(=O)[C@H](CCCNC(N)=O)CC(=O)[C@H](CC(C)C)NC(=O)CON=C(CSC(C)(C)C)CSC(C)(C)C)cc1.C=C(NCc1cn(CCOCCOCCOCCOCCOCCC(C)(C)C)nn1)OCc1ccc(NC(=O)[C@H](CCCNC(N)=O)CC(=O)[C@H](CC(C)C)NC(=O)CON=C(CSC(C)(C)C)CSC(C)(C)C)cc1. The number of amides is 8. The minimum Gasteiger partial charge on any atom is -0.475 e. The fraction of sp³-hybridized carbons (Fsp3) is 0.712. The summed E-state index contributed by atoms with van der Waals surface area (Å²) in [5.74, 6) is -0.311. The zero-order valence-electron chi connectivity index (χ0n) is 91.5. The predicted octanol–water partition coefficient (Wildman–Crippen LogP) is 15.0. The van der Waals surface area contributed by atoms with E-state index in [9.17, 15) is 38.4 Å². The molecule has 38 nitrogen and oxygen atoms in total. The van der Waals surface area contributed by atoms with Gasteiger partial charge in [0, 0.05) is 104 Å². The number of nitrogens with two attached hydrogens (primary N) is 2. The molecule has 2 aromatic heterocycles. The predicted molar refractivity (Wildman–Crippen MR) is 585 cm³/mol. The quantitative estimate of drug-likeness (QED) is 0.00849. The van der Waals surface area contributed by atoms with Crippen molar-refractivity contribution in [2.24, 2.45) is 56.3 Å². The minimum absolute atomic E-state index is 0.0266. The van der Waals surface area contributed by atoms with Crippen LogP contribution in [-0.4, -0.2) is 275 Å². The Kier molecular flexibility index (Phi) is 65.3. The molecule has 146 heavy (non-hydrogen) atoms. The Balaban J connectivity index is 0.000000753. The highest BCUT2D eigenvalue weighted by atomic mass is 32.2. The molecule has 0 aliphatic carbocycles. The third-order valence-corrected chi connectivity index (χ3v) is 25.9. The van der Waals surface area contributed by atoms with E-state index >= 15 is 0 Å². The van der Waals surface area contributed by atoms with Gasteiger partial charge in [0.2, 0.25) is 11.8 Å². The van der Waals surface area contributed by atoms with Gasteiger partial charge in [0.25, 0.3) is 11.8 Å². The Labute approximate surface area is 886 Å². The number of thioether (sulfide) groups is 4. The van der Waals surface area contributed by atoms with Crippen LogP contribution in [0.4, 0.5) is 21.0 Å². The van der Waals surface area contributed by atoms with Crippen LogP contribution in [0.3, 0.4) is 0 Å². The molecular formula is C104H178N18O20S4. The van der Waals surface area contributed by atoms with Gasteiger partial charge in [-0.3, -0.25) is 28.8 Å². The van der Waals surface area contributed by atoms with E-state index in [0.29, 0.717) is 202 Å². The maximum Gasteiger partial charge on any atom is 0.312 e. The first-order valence-corrected chi connectivity index (χ1v) is 54.6. The number of carbonyl (C=O) groups excluding carboxylic acids is 8. The summed E-state index contributed by atoms with van der Waals surface area (Å²) >= 11 is 6.99. The van der Waals surface area contributed by atoms with Crippen LogP contribution in [0.25, 0.3) is 0 Å². The van der Waals surface area contributed by atoms with E-state index in [4.69, 9.17) is 68.5 Å². The van der Waals surface area contributed by atoms with Gasteiger partial charge in [-0.25, -0.2) is 19.0 Å². The van der Waals surface area contributed by atoms with Crippen LogP contribution in [0.15, 0.2) is 96.2 Å². The van der Waals surface area contributed by atoms with Crippen LogP contribution in [0.1, 0.15) is 239 Å². The van der Waals surface area contributed by atoms with E-state index in [1.54, 1.807) is 80.7 Å². The molecule has 4 atom stereocenters. The maximum atomic E-state index is 13.9. The Morgan fingerprint density at radius 1 is 0.411 bits per heavy atom. The van der Waals surface area contributed by atoms with Crippen LogP contribution < -0.4 is 54.0 Å². The van der Waals surface area contributed by atoms with Gasteiger partial charge < -0.3 is 111 Å². The van der Waals surface area contributed by atoms with Crippen LogP contribution in [0.2, 0.25) is 0 Å². The summed E-state index contributed by atoms with van der Waals surface area (Å²) in [4.78, 5) is 115. The van der Waals surface area contributed by atoms with Crippen molar-refractivity contribution in [2.75, 3.05) is 166 Å². The molecule has 2 heterocycles. The van der Waals surface area contributed by atoms with Crippen LogP contribution in [0.5, 0.6) is 0 Å². The number of nitrogens with zero attached hydrogens (tertiary/aromatic N) is 8. The lowest BCUT2D eigenvalue weighted by molar-refractivity contribution is -0.132. The molecule has 0 spiro atoms. The standard InChI is InChI=1S/C54H93N9O11S2.C50H85N9O9S2/c1-40(2)32-47(59-49(65)37-74-61-46(38-75-53(7,8)9)39-76-54(10,11)12)48(64)33-43(14-13-20-56-51(55)67)50(66)58-44-17-15-42(16-18-44)36-73-41(3)57-34-45-35-63(62-60-45)21-23-69-25-27-71-29-31-72-30-28-70-26-24-68-22-19-52(4,5)6;1-36(2)28-43(55-45(61)33-68-57-42(34-69-49(7,8)9)35-70-50(10,11)12)44(60)29-39(14-13-20-52-47(51)63)46(62)54-40-17-15-38(16-18-40)32-67-37(3)53-30-41-31-59(58-56-41)21-23-65-25-27-66-26-24-64-22-19-48(4,5)6/h15-18,35,40,43,47,57H,3,13-14,19-34,36-39H2,1-2,4-12H3,(H,58,66)(H,59,65)(H3,55,56,67);15-18,31,36,39,43,53H,3,13-14,19-30,32-35H2,1-2,4-12H3,(H,54,62)(H,55,61)(H3,51,52,63)/t43-,47+;39-,43+/m11/s1. The van der Waals surface area contributed by atoms with Gasteiger partial charge in [0.05, 0.1) is 155 Å². The third kappa shape index (κ3) is 72.5. The molecule has 4 aromatic rings. The second-order valence-electron chi connectivity index (χ2n) is 42.5. The van der Waals surface area contributed by atoms with E-state index in [1.807, 2.05) is 64.4 Å². The monoisotopic (exact) mass is 2130 g/mol. The summed E-state index contributed by atoms with van der Waals surface area (Å²) in [6.45, 7) is 65.0. The number of rotatable bonds is 78. The smallest absolute Gasteiger partial charge is 0.312 e. The number of hydrogen-bond acceptors (Lipinski definition) is 32. The van der Waals surface area contributed by atoms with Crippen LogP contribution >= 0.6 is 47.0 Å².